The summed E-state index contributed by atoms with van der Waals surface area (Å²) in [5, 5.41) is 9.23. The first kappa shape index (κ1) is 20.8. The van der Waals surface area contributed by atoms with Crippen LogP contribution in [0.4, 0.5) is 4.79 Å². The van der Waals surface area contributed by atoms with Crippen LogP contribution in [-0.2, 0) is 4.79 Å². The molecule has 1 N–H and O–H groups in total. The van der Waals surface area contributed by atoms with Crippen molar-refractivity contribution in [1.29, 1.82) is 0 Å². The first-order chi connectivity index (χ1) is 13.8. The topological polar surface area (TPSA) is 77.9 Å². The van der Waals surface area contributed by atoms with Crippen LogP contribution in [0.15, 0.2) is 47.7 Å². The molecular weight excluding hydrogens is 390 g/mol. The maximum Gasteiger partial charge on any atom is 0.338 e. The number of carbonyl (C=O) groups excluding carboxylic acids is 2. The normalized spacial score (nSPS) is 16.9. The van der Waals surface area contributed by atoms with Crippen molar-refractivity contribution in [3.8, 4) is 0 Å². The molecule has 3 amide bonds. The van der Waals surface area contributed by atoms with Crippen molar-refractivity contribution in [3.05, 3.63) is 64.4 Å². The van der Waals surface area contributed by atoms with Gasteiger partial charge in [-0.1, -0.05) is 47.5 Å². The fourth-order valence-electron chi connectivity index (χ4n) is 3.10. The van der Waals surface area contributed by atoms with Crippen molar-refractivity contribution in [1.82, 2.24) is 20.2 Å². The number of aromatic nitrogens is 1. The Bertz CT molecular complexity index is 927. The van der Waals surface area contributed by atoms with E-state index in [1.54, 1.807) is 24.2 Å². The van der Waals surface area contributed by atoms with Gasteiger partial charge < -0.3 is 10.2 Å². The monoisotopic (exact) mass is 413 g/mol. The standard InChI is InChI=1S/C21H24ClN5O2/c1-13-5-7-16(8-6-13)20-18(26(4)15(3)28)12-27(25-20)21(29)24-14(2)17-9-10-19(22)23-11-17/h5-11,14,18H,12H2,1-4H3,(H,24,29)/t14-,18-/m1/s1. The molecule has 2 aromatic rings. The van der Waals surface area contributed by atoms with Crippen LogP contribution in [-0.4, -0.2) is 52.2 Å². The molecule has 1 aliphatic heterocycles. The molecule has 7 nitrogen and oxygen atoms in total. The molecule has 0 saturated carbocycles. The van der Waals surface area contributed by atoms with Crippen LogP contribution in [0.5, 0.6) is 0 Å². The number of pyridine rings is 1. The molecule has 0 aliphatic carbocycles. The van der Waals surface area contributed by atoms with Gasteiger partial charge in [0, 0.05) is 20.2 Å². The summed E-state index contributed by atoms with van der Waals surface area (Å²) in [5.74, 6) is -0.0855. The van der Waals surface area contributed by atoms with Gasteiger partial charge in [-0.25, -0.2) is 14.8 Å². The second-order valence-corrected chi connectivity index (χ2v) is 7.55. The summed E-state index contributed by atoms with van der Waals surface area (Å²) >= 11 is 5.82. The summed E-state index contributed by atoms with van der Waals surface area (Å²) in [5.41, 5.74) is 3.54. The van der Waals surface area contributed by atoms with Gasteiger partial charge in [0.2, 0.25) is 5.91 Å². The summed E-state index contributed by atoms with van der Waals surface area (Å²) in [7, 11) is 1.72. The molecule has 1 aromatic carbocycles. The van der Waals surface area contributed by atoms with E-state index in [0.29, 0.717) is 10.9 Å². The second kappa shape index (κ2) is 8.61. The minimum Gasteiger partial charge on any atom is -0.335 e. The quantitative estimate of drug-likeness (QED) is 0.780. The van der Waals surface area contributed by atoms with Gasteiger partial charge in [0.15, 0.2) is 0 Å². The average molecular weight is 414 g/mol. The van der Waals surface area contributed by atoms with E-state index < -0.39 is 0 Å². The van der Waals surface area contributed by atoms with Crippen LogP contribution >= 0.6 is 11.6 Å². The van der Waals surface area contributed by atoms with E-state index >= 15 is 0 Å². The highest BCUT2D eigenvalue weighted by molar-refractivity contribution is 6.29. The Kier molecular flexibility index (Phi) is 6.17. The van der Waals surface area contributed by atoms with Gasteiger partial charge in [-0.15, -0.1) is 0 Å². The van der Waals surface area contributed by atoms with Gasteiger partial charge in [-0.3, -0.25) is 4.79 Å². The van der Waals surface area contributed by atoms with Crippen molar-refractivity contribution in [3.63, 3.8) is 0 Å². The van der Waals surface area contributed by atoms with Gasteiger partial charge in [0.05, 0.1) is 24.3 Å². The van der Waals surface area contributed by atoms with E-state index in [1.165, 1.54) is 11.9 Å². The van der Waals surface area contributed by atoms with E-state index in [9.17, 15) is 9.59 Å². The lowest BCUT2D eigenvalue weighted by Gasteiger charge is -2.25. The lowest BCUT2D eigenvalue weighted by atomic mass is 10.0. The summed E-state index contributed by atoms with van der Waals surface area (Å²) in [6.07, 6.45) is 1.63. The van der Waals surface area contributed by atoms with Crippen LogP contribution < -0.4 is 5.32 Å². The zero-order valence-electron chi connectivity index (χ0n) is 16.9. The number of rotatable bonds is 4. The lowest BCUT2D eigenvalue weighted by molar-refractivity contribution is -0.128. The van der Waals surface area contributed by atoms with Gasteiger partial charge in [-0.05, 0) is 31.0 Å². The number of hydrogen-bond acceptors (Lipinski definition) is 4. The van der Waals surface area contributed by atoms with E-state index in [0.717, 1.165) is 16.7 Å². The number of nitrogens with zero attached hydrogens (tertiary/aromatic N) is 4. The molecule has 0 unspecified atom stereocenters. The molecule has 1 aliphatic rings. The number of hydrazone groups is 1. The fourth-order valence-corrected chi connectivity index (χ4v) is 3.21. The van der Waals surface area contributed by atoms with E-state index in [1.807, 2.05) is 44.2 Å². The van der Waals surface area contributed by atoms with E-state index in [2.05, 4.69) is 15.4 Å². The second-order valence-electron chi connectivity index (χ2n) is 7.16. The molecule has 0 radical (unpaired) electrons. The van der Waals surface area contributed by atoms with Crippen molar-refractivity contribution >= 4 is 29.3 Å². The Morgan fingerprint density at radius 3 is 2.52 bits per heavy atom. The summed E-state index contributed by atoms with van der Waals surface area (Å²) in [6.45, 7) is 5.66. The molecule has 0 bridgehead atoms. The number of carbonyl (C=O) groups is 2. The minimum atomic E-state index is -0.337. The maximum absolute atomic E-state index is 12.8. The fraction of sp³-hybridized carbons (Fsp3) is 0.333. The molecule has 1 aromatic heterocycles. The number of nitrogens with one attached hydrogen (secondary N) is 1. The van der Waals surface area contributed by atoms with Crippen LogP contribution in [0.2, 0.25) is 5.15 Å². The SMILES string of the molecule is CC(=O)N(C)[C@@H]1CN(C(=O)N[C@H](C)c2ccc(Cl)nc2)N=C1c1ccc(C)cc1. The third kappa shape index (κ3) is 4.74. The number of likely N-dealkylation sites (N-methyl/N-ethyl adjacent to an activating group) is 1. The molecule has 8 heteroatoms. The van der Waals surface area contributed by atoms with Crippen molar-refractivity contribution in [2.24, 2.45) is 5.10 Å². The van der Waals surface area contributed by atoms with Gasteiger partial charge >= 0.3 is 6.03 Å². The number of halogens is 1. The van der Waals surface area contributed by atoms with Crippen LogP contribution in [0.1, 0.15) is 36.6 Å². The third-order valence-electron chi connectivity index (χ3n) is 5.03. The molecule has 152 valence electrons. The lowest BCUT2D eigenvalue weighted by Crippen LogP contribution is -2.45. The van der Waals surface area contributed by atoms with Crippen LogP contribution in [0.25, 0.3) is 0 Å². The average Bonchev–Trinajstić information content (AvgIpc) is 3.13. The Labute approximate surface area is 175 Å². The highest BCUT2D eigenvalue weighted by atomic mass is 35.5. The maximum atomic E-state index is 12.8. The Balaban J connectivity index is 1.81. The molecular formula is C21H24ClN5O2. The predicted octanol–water partition coefficient (Wildman–Crippen LogP) is 3.38. The Morgan fingerprint density at radius 2 is 1.93 bits per heavy atom. The summed E-state index contributed by atoms with van der Waals surface area (Å²) in [4.78, 5) is 30.4. The van der Waals surface area contributed by atoms with E-state index in [-0.39, 0.29) is 30.6 Å². The van der Waals surface area contributed by atoms with Crippen LogP contribution in [0.3, 0.4) is 0 Å². The number of benzene rings is 1. The third-order valence-corrected chi connectivity index (χ3v) is 5.25. The van der Waals surface area contributed by atoms with Gasteiger partial charge in [0.1, 0.15) is 5.15 Å². The first-order valence-corrected chi connectivity index (χ1v) is 9.72. The highest BCUT2D eigenvalue weighted by Gasteiger charge is 2.35. The zero-order chi connectivity index (χ0) is 21.1. The number of amides is 3. The summed E-state index contributed by atoms with van der Waals surface area (Å²) < 4.78 is 0. The van der Waals surface area contributed by atoms with Crippen LogP contribution in [0, 0.1) is 6.92 Å². The zero-order valence-corrected chi connectivity index (χ0v) is 17.6. The number of urea groups is 1. The largest absolute Gasteiger partial charge is 0.338 e. The smallest absolute Gasteiger partial charge is 0.335 e. The molecule has 0 spiro atoms. The highest BCUT2D eigenvalue weighted by Crippen LogP contribution is 2.20. The predicted molar refractivity (Wildman–Crippen MR) is 113 cm³/mol. The Morgan fingerprint density at radius 1 is 1.24 bits per heavy atom. The number of aryl methyl sites for hydroxylation is 1. The van der Waals surface area contributed by atoms with Crippen molar-refractivity contribution < 1.29 is 9.59 Å². The summed E-state index contributed by atoms with van der Waals surface area (Å²) in [6, 6.07) is 10.5. The molecule has 2 atom stereocenters. The van der Waals surface area contributed by atoms with Crippen molar-refractivity contribution in [2.45, 2.75) is 32.9 Å². The molecule has 29 heavy (non-hydrogen) atoms. The van der Waals surface area contributed by atoms with Gasteiger partial charge in [0.25, 0.3) is 0 Å². The molecule has 2 heterocycles. The first-order valence-electron chi connectivity index (χ1n) is 9.34. The molecule has 0 saturated heterocycles. The van der Waals surface area contributed by atoms with Gasteiger partial charge in [-0.2, -0.15) is 5.10 Å². The van der Waals surface area contributed by atoms with Crippen molar-refractivity contribution in [2.75, 3.05) is 13.6 Å². The molecule has 3 rings (SSSR count). The minimum absolute atomic E-state index is 0.0855. The van der Waals surface area contributed by atoms with E-state index in [4.69, 9.17) is 11.6 Å². The Hall–Kier alpha value is -2.93. The number of hydrogen-bond donors (Lipinski definition) is 1. The molecule has 0 fully saturated rings.